The predicted molar refractivity (Wildman–Crippen MR) is 74.7 cm³/mol. The topological polar surface area (TPSA) is 112 Å². The second-order valence-electron chi connectivity index (χ2n) is 4.11. The zero-order valence-electron chi connectivity index (χ0n) is 11.4. The van der Waals surface area contributed by atoms with Crippen LogP contribution in [0.25, 0.3) is 0 Å². The maximum Gasteiger partial charge on any atom is 0.356 e. The van der Waals surface area contributed by atoms with E-state index >= 15 is 0 Å². The van der Waals surface area contributed by atoms with Gasteiger partial charge in [-0.3, -0.25) is 4.79 Å². The molecule has 2 amide bonds. The second kappa shape index (κ2) is 6.85. The number of hydrogen-bond donors (Lipinski definition) is 3. The van der Waals surface area contributed by atoms with E-state index in [0.717, 1.165) is 11.3 Å². The van der Waals surface area contributed by atoms with Crippen molar-refractivity contribution < 1.29 is 19.5 Å². The van der Waals surface area contributed by atoms with E-state index in [1.165, 1.54) is 11.8 Å². The van der Waals surface area contributed by atoms with E-state index in [2.05, 4.69) is 15.6 Å². The highest BCUT2D eigenvalue weighted by molar-refractivity contribution is 7.17. The van der Waals surface area contributed by atoms with Crippen LogP contribution in [0.4, 0.5) is 9.93 Å². The Kier molecular flexibility index (Phi) is 5.44. The van der Waals surface area contributed by atoms with Gasteiger partial charge < -0.3 is 20.6 Å². The number of thiazole rings is 1. The molecule has 0 aromatic carbocycles. The van der Waals surface area contributed by atoms with Crippen LogP contribution in [0.2, 0.25) is 0 Å². The van der Waals surface area contributed by atoms with Gasteiger partial charge >= 0.3 is 12.0 Å². The molecule has 1 rings (SSSR count). The van der Waals surface area contributed by atoms with Crippen LogP contribution in [0.1, 0.15) is 27.1 Å². The molecular weight excluding hydrogens is 284 g/mol. The molecule has 0 bridgehead atoms. The number of amides is 2. The molecule has 9 heteroatoms. The van der Waals surface area contributed by atoms with Crippen molar-refractivity contribution in [1.29, 1.82) is 0 Å². The third-order valence-electron chi connectivity index (χ3n) is 2.23. The molecule has 0 saturated carbocycles. The van der Waals surface area contributed by atoms with Gasteiger partial charge in [0.2, 0.25) is 0 Å². The van der Waals surface area contributed by atoms with Crippen molar-refractivity contribution in [3.63, 3.8) is 0 Å². The van der Waals surface area contributed by atoms with Crippen molar-refractivity contribution in [3.05, 3.63) is 10.6 Å². The SMILES string of the molecule is CC(=O)c1sc(NCCNC(=O)N(C)C)nc1C(=O)O. The van der Waals surface area contributed by atoms with Crippen LogP contribution in [0, 0.1) is 0 Å². The largest absolute Gasteiger partial charge is 0.476 e. The zero-order valence-corrected chi connectivity index (χ0v) is 12.2. The lowest BCUT2D eigenvalue weighted by atomic mass is 10.3. The Balaban J connectivity index is 2.57. The normalized spacial score (nSPS) is 9.95. The van der Waals surface area contributed by atoms with E-state index in [1.54, 1.807) is 14.1 Å². The molecule has 8 nitrogen and oxygen atoms in total. The van der Waals surface area contributed by atoms with Crippen molar-refractivity contribution in [2.45, 2.75) is 6.92 Å². The Morgan fingerprint density at radius 1 is 1.30 bits per heavy atom. The van der Waals surface area contributed by atoms with E-state index in [1.807, 2.05) is 0 Å². The Morgan fingerprint density at radius 2 is 1.95 bits per heavy atom. The highest BCUT2D eigenvalue weighted by atomic mass is 32.1. The summed E-state index contributed by atoms with van der Waals surface area (Å²) in [6, 6.07) is -0.221. The second-order valence-corrected chi connectivity index (χ2v) is 5.11. The smallest absolute Gasteiger partial charge is 0.356 e. The molecule has 1 aromatic rings. The molecule has 0 radical (unpaired) electrons. The summed E-state index contributed by atoms with van der Waals surface area (Å²) in [5, 5.41) is 14.8. The number of Topliss-reactive ketones (excluding diaryl/α,β-unsaturated/α-hetero) is 1. The van der Waals surface area contributed by atoms with Gasteiger partial charge in [0.25, 0.3) is 0 Å². The van der Waals surface area contributed by atoms with Crippen LogP contribution in [-0.4, -0.2) is 60.0 Å². The highest BCUT2D eigenvalue weighted by Gasteiger charge is 2.20. The number of aromatic carboxylic acids is 1. The molecule has 0 aliphatic rings. The summed E-state index contributed by atoms with van der Waals surface area (Å²) < 4.78 is 0. The van der Waals surface area contributed by atoms with Gasteiger partial charge in [0.05, 0.1) is 0 Å². The first-order chi connectivity index (χ1) is 9.32. The van der Waals surface area contributed by atoms with E-state index in [0.29, 0.717) is 18.2 Å². The van der Waals surface area contributed by atoms with Gasteiger partial charge in [0.15, 0.2) is 16.6 Å². The summed E-state index contributed by atoms with van der Waals surface area (Å²) in [5.41, 5.74) is -0.248. The maximum absolute atomic E-state index is 11.3. The van der Waals surface area contributed by atoms with Crippen LogP contribution >= 0.6 is 11.3 Å². The average Bonchev–Trinajstić information content (AvgIpc) is 2.78. The van der Waals surface area contributed by atoms with Crippen LogP contribution in [-0.2, 0) is 0 Å². The number of anilines is 1. The Hall–Kier alpha value is -2.16. The van der Waals surface area contributed by atoms with Crippen LogP contribution in [0.5, 0.6) is 0 Å². The molecule has 110 valence electrons. The van der Waals surface area contributed by atoms with Gasteiger partial charge in [-0.15, -0.1) is 0 Å². The number of nitrogens with one attached hydrogen (secondary N) is 2. The van der Waals surface area contributed by atoms with Gasteiger partial charge in [0.1, 0.15) is 4.88 Å². The summed E-state index contributed by atoms with van der Waals surface area (Å²) in [7, 11) is 3.25. The molecule has 0 aliphatic heterocycles. The van der Waals surface area contributed by atoms with Crippen molar-refractivity contribution in [3.8, 4) is 0 Å². The zero-order chi connectivity index (χ0) is 15.3. The molecular formula is C11H16N4O4S. The molecule has 0 spiro atoms. The predicted octanol–water partition coefficient (Wildman–Crippen LogP) is 0.727. The number of nitrogens with zero attached hydrogens (tertiary/aromatic N) is 2. The fraction of sp³-hybridized carbons (Fsp3) is 0.455. The molecule has 0 saturated heterocycles. The van der Waals surface area contributed by atoms with E-state index in [-0.39, 0.29) is 22.4 Å². The third kappa shape index (κ3) is 4.19. The quantitative estimate of drug-likeness (QED) is 0.527. The molecule has 0 fully saturated rings. The van der Waals surface area contributed by atoms with Crippen molar-refractivity contribution in [1.82, 2.24) is 15.2 Å². The Labute approximate surface area is 119 Å². The fourth-order valence-corrected chi connectivity index (χ4v) is 2.15. The first kappa shape index (κ1) is 15.9. The van der Waals surface area contributed by atoms with Gasteiger partial charge in [-0.2, -0.15) is 0 Å². The summed E-state index contributed by atoms with van der Waals surface area (Å²) in [6.45, 7) is 2.03. The number of aromatic nitrogens is 1. The van der Waals surface area contributed by atoms with Crippen LogP contribution in [0.15, 0.2) is 0 Å². The van der Waals surface area contributed by atoms with Crippen LogP contribution in [0.3, 0.4) is 0 Å². The summed E-state index contributed by atoms with van der Waals surface area (Å²) in [4.78, 5) is 38.8. The molecule has 0 aliphatic carbocycles. The third-order valence-corrected chi connectivity index (χ3v) is 3.35. The van der Waals surface area contributed by atoms with Gasteiger partial charge in [0, 0.05) is 34.1 Å². The number of carboxylic acids is 1. The van der Waals surface area contributed by atoms with E-state index in [4.69, 9.17) is 5.11 Å². The highest BCUT2D eigenvalue weighted by Crippen LogP contribution is 2.23. The Bertz CT molecular complexity index is 495. The molecule has 0 atom stereocenters. The van der Waals surface area contributed by atoms with Gasteiger partial charge in [-0.25, -0.2) is 14.6 Å². The average molecular weight is 300 g/mol. The molecule has 0 unspecified atom stereocenters. The number of carboxylic acid groups (broad SMARTS) is 1. The number of urea groups is 1. The number of hydrogen-bond acceptors (Lipinski definition) is 6. The summed E-state index contributed by atoms with van der Waals surface area (Å²) >= 11 is 0.985. The number of carbonyl (C=O) groups is 3. The first-order valence-corrected chi connectivity index (χ1v) is 6.58. The first-order valence-electron chi connectivity index (χ1n) is 5.77. The minimum absolute atomic E-state index is 0.109. The van der Waals surface area contributed by atoms with E-state index in [9.17, 15) is 14.4 Å². The number of rotatable bonds is 6. The fourth-order valence-electron chi connectivity index (χ4n) is 1.28. The number of carbonyl (C=O) groups excluding carboxylic acids is 2. The molecule has 1 aromatic heterocycles. The lowest BCUT2D eigenvalue weighted by Gasteiger charge is -2.11. The molecule has 1 heterocycles. The van der Waals surface area contributed by atoms with Gasteiger partial charge in [-0.1, -0.05) is 11.3 Å². The lowest BCUT2D eigenvalue weighted by Crippen LogP contribution is -2.37. The van der Waals surface area contributed by atoms with Crippen LogP contribution < -0.4 is 10.6 Å². The van der Waals surface area contributed by atoms with Gasteiger partial charge in [-0.05, 0) is 0 Å². The maximum atomic E-state index is 11.3. The van der Waals surface area contributed by atoms with Crippen molar-refractivity contribution in [2.75, 3.05) is 32.5 Å². The minimum Gasteiger partial charge on any atom is -0.476 e. The molecule has 3 N–H and O–H groups in total. The van der Waals surface area contributed by atoms with E-state index < -0.39 is 5.97 Å². The standard InChI is InChI=1S/C11H16N4O4S/c1-6(16)8-7(9(17)18)14-10(20-8)12-4-5-13-11(19)15(2)3/h4-5H2,1-3H3,(H,12,14)(H,13,19)(H,17,18). The minimum atomic E-state index is -1.24. The van der Waals surface area contributed by atoms with Crippen molar-refractivity contribution in [2.24, 2.45) is 0 Å². The lowest BCUT2D eigenvalue weighted by molar-refractivity contribution is 0.0687. The summed E-state index contributed by atoms with van der Waals surface area (Å²) in [5.74, 6) is -1.57. The number of ketones is 1. The summed E-state index contributed by atoms with van der Waals surface area (Å²) in [6.07, 6.45) is 0. The Morgan fingerprint density at radius 3 is 2.40 bits per heavy atom. The molecule has 20 heavy (non-hydrogen) atoms. The monoisotopic (exact) mass is 300 g/mol. The van der Waals surface area contributed by atoms with Crippen molar-refractivity contribution >= 4 is 34.3 Å².